The molecule has 2 aromatic carbocycles. The van der Waals surface area contributed by atoms with Gasteiger partial charge in [0.05, 0.1) is 19.1 Å². The maximum Gasteiger partial charge on any atom is 0.227 e. The lowest BCUT2D eigenvalue weighted by Crippen LogP contribution is -2.52. The number of rotatable bonds is 5. The number of nitrogens with zero attached hydrogens (tertiary/aromatic N) is 1. The molecule has 2 amide bonds. The summed E-state index contributed by atoms with van der Waals surface area (Å²) in [6.07, 6.45) is 4.04. The molecular formula is C27H33FN2O3. The molecule has 1 heterocycles. The summed E-state index contributed by atoms with van der Waals surface area (Å²) in [6, 6.07) is 13.1. The molecule has 0 spiro atoms. The van der Waals surface area contributed by atoms with Crippen molar-refractivity contribution in [3.05, 3.63) is 59.9 Å². The zero-order valence-electron chi connectivity index (χ0n) is 19.6. The molecule has 2 aromatic rings. The van der Waals surface area contributed by atoms with Crippen molar-refractivity contribution >= 4 is 17.5 Å². The van der Waals surface area contributed by atoms with Gasteiger partial charge in [-0.1, -0.05) is 38.8 Å². The molecule has 5 nitrogen and oxygen atoms in total. The molecular weight excluding hydrogens is 419 g/mol. The number of amides is 2. The van der Waals surface area contributed by atoms with Crippen molar-refractivity contribution in [1.29, 1.82) is 0 Å². The lowest BCUT2D eigenvalue weighted by molar-refractivity contribution is -0.130. The van der Waals surface area contributed by atoms with Crippen LogP contribution < -0.4 is 15.0 Å². The van der Waals surface area contributed by atoms with E-state index < -0.39 is 12.0 Å². The van der Waals surface area contributed by atoms with Gasteiger partial charge in [0, 0.05) is 18.2 Å². The number of piperidine rings is 1. The minimum Gasteiger partial charge on any atom is -0.497 e. The smallest absolute Gasteiger partial charge is 0.227 e. The van der Waals surface area contributed by atoms with E-state index in [1.807, 2.05) is 12.1 Å². The second-order valence-corrected chi connectivity index (χ2v) is 9.49. The Hall–Kier alpha value is -2.89. The molecule has 1 saturated carbocycles. The van der Waals surface area contributed by atoms with Crippen LogP contribution in [0, 0.1) is 23.6 Å². The average Bonchev–Trinajstić information content (AvgIpc) is 2.82. The first-order valence-electron chi connectivity index (χ1n) is 11.9. The first-order valence-corrected chi connectivity index (χ1v) is 11.9. The third kappa shape index (κ3) is 4.90. The number of hydrogen-bond acceptors (Lipinski definition) is 3. The van der Waals surface area contributed by atoms with Crippen LogP contribution in [0.5, 0.6) is 5.75 Å². The van der Waals surface area contributed by atoms with Crippen LogP contribution in [-0.2, 0) is 9.59 Å². The molecule has 5 atom stereocenters. The summed E-state index contributed by atoms with van der Waals surface area (Å²) in [5.74, 6) is 0.842. The van der Waals surface area contributed by atoms with Gasteiger partial charge in [-0.15, -0.1) is 0 Å². The molecule has 2 fully saturated rings. The van der Waals surface area contributed by atoms with E-state index in [1.54, 1.807) is 36.3 Å². The lowest BCUT2D eigenvalue weighted by Gasteiger charge is -2.42. The maximum atomic E-state index is 13.7. The number of ether oxygens (including phenoxy) is 1. The number of carbonyl (C=O) groups excluding carboxylic acids is 2. The first-order chi connectivity index (χ1) is 15.9. The Kier molecular flexibility index (Phi) is 7.01. The SMILES string of the molecule is COc1ccc(N2C(=O)CC[C@H](C(=O)N[C@@H]3CCC[C@H](C)[C@H]3C)[C@H]2c2ccc(F)cc2)cc1. The van der Waals surface area contributed by atoms with Crippen LogP contribution in [0.1, 0.15) is 57.6 Å². The Balaban J connectivity index is 1.67. The van der Waals surface area contributed by atoms with E-state index in [2.05, 4.69) is 19.2 Å². The molecule has 1 N–H and O–H groups in total. The normalized spacial score (nSPS) is 27.8. The number of hydrogen-bond donors (Lipinski definition) is 1. The molecule has 0 aromatic heterocycles. The fourth-order valence-electron chi connectivity index (χ4n) is 5.33. The number of methoxy groups -OCH3 is 1. The molecule has 0 unspecified atom stereocenters. The van der Waals surface area contributed by atoms with Gasteiger partial charge < -0.3 is 15.0 Å². The summed E-state index contributed by atoms with van der Waals surface area (Å²) in [4.78, 5) is 28.5. The summed E-state index contributed by atoms with van der Waals surface area (Å²) < 4.78 is 19.0. The minimum atomic E-state index is -0.503. The topological polar surface area (TPSA) is 58.6 Å². The van der Waals surface area contributed by atoms with Gasteiger partial charge in [-0.2, -0.15) is 0 Å². The number of anilines is 1. The minimum absolute atomic E-state index is 0.0266. The number of halogens is 1. The fourth-order valence-corrected chi connectivity index (χ4v) is 5.33. The zero-order valence-corrected chi connectivity index (χ0v) is 19.6. The van der Waals surface area contributed by atoms with Gasteiger partial charge >= 0.3 is 0 Å². The van der Waals surface area contributed by atoms with Gasteiger partial charge in [0.2, 0.25) is 11.8 Å². The van der Waals surface area contributed by atoms with Crippen LogP contribution in [0.2, 0.25) is 0 Å². The Morgan fingerprint density at radius 1 is 1.03 bits per heavy atom. The highest BCUT2D eigenvalue weighted by Crippen LogP contribution is 2.41. The van der Waals surface area contributed by atoms with Crippen LogP contribution in [0.15, 0.2) is 48.5 Å². The number of carbonyl (C=O) groups is 2. The highest BCUT2D eigenvalue weighted by atomic mass is 19.1. The highest BCUT2D eigenvalue weighted by molar-refractivity contribution is 5.97. The van der Waals surface area contributed by atoms with E-state index in [-0.39, 0.29) is 23.7 Å². The quantitative estimate of drug-likeness (QED) is 0.673. The van der Waals surface area contributed by atoms with E-state index in [4.69, 9.17) is 4.74 Å². The third-order valence-corrected chi connectivity index (χ3v) is 7.53. The van der Waals surface area contributed by atoms with Gasteiger partial charge in [-0.3, -0.25) is 9.59 Å². The first kappa shape index (κ1) is 23.3. The lowest BCUT2D eigenvalue weighted by atomic mass is 9.77. The molecule has 4 rings (SSSR count). The van der Waals surface area contributed by atoms with Crippen LogP contribution in [0.25, 0.3) is 0 Å². The summed E-state index contributed by atoms with van der Waals surface area (Å²) in [7, 11) is 1.59. The van der Waals surface area contributed by atoms with Gasteiger partial charge in [-0.25, -0.2) is 4.39 Å². The molecule has 0 bridgehead atoms. The van der Waals surface area contributed by atoms with Crippen molar-refractivity contribution in [3.63, 3.8) is 0 Å². The van der Waals surface area contributed by atoms with Crippen LogP contribution in [-0.4, -0.2) is 25.0 Å². The van der Waals surface area contributed by atoms with Gasteiger partial charge in [0.1, 0.15) is 11.6 Å². The Morgan fingerprint density at radius 3 is 2.39 bits per heavy atom. The molecule has 0 radical (unpaired) electrons. The maximum absolute atomic E-state index is 13.7. The van der Waals surface area contributed by atoms with E-state index >= 15 is 0 Å². The number of benzene rings is 2. The Bertz CT molecular complexity index is 976. The molecule has 1 saturated heterocycles. The van der Waals surface area contributed by atoms with Crippen molar-refractivity contribution in [2.24, 2.45) is 17.8 Å². The van der Waals surface area contributed by atoms with Gasteiger partial charge in [0.15, 0.2) is 0 Å². The number of nitrogens with one attached hydrogen (secondary N) is 1. The molecule has 1 aliphatic carbocycles. The van der Waals surface area contributed by atoms with E-state index in [1.165, 1.54) is 18.6 Å². The van der Waals surface area contributed by atoms with Gasteiger partial charge in [0.25, 0.3) is 0 Å². The van der Waals surface area contributed by atoms with Crippen LogP contribution in [0.3, 0.4) is 0 Å². The summed E-state index contributed by atoms with van der Waals surface area (Å²) in [6.45, 7) is 4.45. The molecule has 176 valence electrons. The van der Waals surface area contributed by atoms with Crippen molar-refractivity contribution in [2.75, 3.05) is 12.0 Å². The average molecular weight is 453 g/mol. The van der Waals surface area contributed by atoms with Crippen molar-refractivity contribution in [3.8, 4) is 5.75 Å². The molecule has 1 aliphatic heterocycles. The summed E-state index contributed by atoms with van der Waals surface area (Å²) >= 11 is 0. The second-order valence-electron chi connectivity index (χ2n) is 9.49. The summed E-state index contributed by atoms with van der Waals surface area (Å²) in [5, 5.41) is 3.31. The van der Waals surface area contributed by atoms with Gasteiger partial charge in [-0.05, 0) is 66.6 Å². The van der Waals surface area contributed by atoms with Crippen molar-refractivity contribution in [2.45, 2.75) is 58.0 Å². The third-order valence-electron chi connectivity index (χ3n) is 7.53. The van der Waals surface area contributed by atoms with Crippen LogP contribution in [0.4, 0.5) is 10.1 Å². The monoisotopic (exact) mass is 452 g/mol. The predicted octanol–water partition coefficient (Wildman–Crippen LogP) is 5.26. The van der Waals surface area contributed by atoms with E-state index in [9.17, 15) is 14.0 Å². The Labute approximate surface area is 195 Å². The largest absolute Gasteiger partial charge is 0.497 e. The second kappa shape index (κ2) is 9.94. The molecule has 2 aliphatic rings. The van der Waals surface area contributed by atoms with Crippen LogP contribution >= 0.6 is 0 Å². The summed E-state index contributed by atoms with van der Waals surface area (Å²) in [5.41, 5.74) is 1.46. The molecule has 33 heavy (non-hydrogen) atoms. The highest BCUT2D eigenvalue weighted by Gasteiger charge is 2.42. The molecule has 6 heteroatoms. The fraction of sp³-hybridized carbons (Fsp3) is 0.481. The zero-order chi connectivity index (χ0) is 23.5. The van der Waals surface area contributed by atoms with Crippen molar-refractivity contribution < 1.29 is 18.7 Å². The predicted molar refractivity (Wildman–Crippen MR) is 126 cm³/mol. The van der Waals surface area contributed by atoms with Crippen molar-refractivity contribution in [1.82, 2.24) is 5.32 Å². The van der Waals surface area contributed by atoms with E-state index in [0.29, 0.717) is 36.1 Å². The Morgan fingerprint density at radius 2 is 1.73 bits per heavy atom. The van der Waals surface area contributed by atoms with E-state index in [0.717, 1.165) is 18.4 Å². The standard InChI is InChI=1S/C27H33FN2O3/c1-17-5-4-6-24(18(17)2)29-27(32)23-15-16-25(31)30(21-11-13-22(33-3)14-12-21)26(23)19-7-9-20(28)10-8-19/h7-14,17-18,23-24,26H,4-6,15-16H2,1-3H3,(H,29,32)/t17-,18+,23-,24+,26+/m0/s1.